The van der Waals surface area contributed by atoms with Crippen LogP contribution in [0.15, 0.2) is 90.1 Å². The number of carbonyl (C=O) groups excluding carboxylic acids is 1. The van der Waals surface area contributed by atoms with E-state index in [0.29, 0.717) is 19.4 Å². The highest BCUT2D eigenvalue weighted by Gasteiger charge is 2.28. The summed E-state index contributed by atoms with van der Waals surface area (Å²) in [5, 5.41) is 0. The van der Waals surface area contributed by atoms with Crippen LogP contribution >= 0.6 is 0 Å². The van der Waals surface area contributed by atoms with Gasteiger partial charge in [-0.15, -0.1) is 0 Å². The minimum absolute atomic E-state index is 0.00750. The lowest BCUT2D eigenvalue weighted by Crippen LogP contribution is -2.34. The number of amides is 1. The van der Waals surface area contributed by atoms with Crippen LogP contribution in [0.4, 0.5) is 5.69 Å². The Morgan fingerprint density at radius 1 is 1.10 bits per heavy atom. The molecular formula is C32H36N4O3S. The molecule has 0 radical (unpaired) electrons. The largest absolute Gasteiger partial charge is 0.337 e. The number of hydrogen-bond donors (Lipinski definition) is 1. The highest BCUT2D eigenvalue weighted by molar-refractivity contribution is 7.89. The molecule has 3 aromatic carbocycles. The Hall–Kier alpha value is -3.75. The van der Waals surface area contributed by atoms with E-state index in [0.717, 1.165) is 46.6 Å². The standard InChI is InChI=1S/C32H36N4O3S/c1-23-12-16-28(17-13-23)40(38,39)34-30-11-7-10-26-14-15-27(21-29(26)30)36(22-31-33-18-19-35(31)3)32(37)20-24(2)25-8-5-4-6-9-25/h4-6,8-9,12-19,21,24,30,34H,7,10-11,20,22H2,1-3H3/t24-,30+/m1/s1. The molecule has 0 spiro atoms. The minimum Gasteiger partial charge on any atom is -0.337 e. The molecule has 4 aromatic rings. The van der Waals surface area contributed by atoms with Crippen molar-refractivity contribution in [1.82, 2.24) is 14.3 Å². The maximum Gasteiger partial charge on any atom is 0.241 e. The molecule has 1 aliphatic rings. The molecule has 1 aromatic heterocycles. The molecule has 0 bridgehead atoms. The molecule has 7 nitrogen and oxygen atoms in total. The topological polar surface area (TPSA) is 84.3 Å². The van der Waals surface area contributed by atoms with Crippen LogP contribution in [-0.4, -0.2) is 23.9 Å². The molecule has 5 rings (SSSR count). The zero-order valence-electron chi connectivity index (χ0n) is 23.2. The molecule has 0 fully saturated rings. The average Bonchev–Trinajstić information content (AvgIpc) is 3.36. The maximum atomic E-state index is 13.8. The lowest BCUT2D eigenvalue weighted by atomic mass is 9.87. The van der Waals surface area contributed by atoms with Crippen LogP contribution in [-0.2, 0) is 34.8 Å². The molecular weight excluding hydrogens is 520 g/mol. The number of nitrogens with one attached hydrogen (secondary N) is 1. The molecule has 1 aliphatic carbocycles. The van der Waals surface area contributed by atoms with Gasteiger partial charge in [0, 0.05) is 37.6 Å². The van der Waals surface area contributed by atoms with Gasteiger partial charge in [0.05, 0.1) is 11.4 Å². The molecule has 0 saturated heterocycles. The predicted molar refractivity (Wildman–Crippen MR) is 157 cm³/mol. The van der Waals surface area contributed by atoms with E-state index in [1.54, 1.807) is 35.4 Å². The van der Waals surface area contributed by atoms with Gasteiger partial charge in [0.15, 0.2) is 0 Å². The Bertz CT molecular complexity index is 1580. The van der Waals surface area contributed by atoms with Crippen LogP contribution in [0.2, 0.25) is 0 Å². The van der Waals surface area contributed by atoms with Gasteiger partial charge < -0.3 is 9.47 Å². The SMILES string of the molecule is Cc1ccc(S(=O)(=O)N[C@H]2CCCc3ccc(N(Cc4nccn4C)C(=O)C[C@@H](C)c4ccccc4)cc32)cc1. The molecule has 0 unspecified atom stereocenters. The molecule has 1 heterocycles. The summed E-state index contributed by atoms with van der Waals surface area (Å²) in [5.41, 5.74) is 4.89. The van der Waals surface area contributed by atoms with Crippen molar-refractivity contribution in [2.45, 2.75) is 62.9 Å². The van der Waals surface area contributed by atoms with Crippen molar-refractivity contribution in [2.75, 3.05) is 4.90 Å². The van der Waals surface area contributed by atoms with Crippen molar-refractivity contribution in [3.63, 3.8) is 0 Å². The highest BCUT2D eigenvalue weighted by Crippen LogP contribution is 2.35. The number of benzene rings is 3. The van der Waals surface area contributed by atoms with E-state index in [4.69, 9.17) is 0 Å². The smallest absolute Gasteiger partial charge is 0.241 e. The van der Waals surface area contributed by atoms with E-state index in [1.165, 1.54) is 0 Å². The minimum atomic E-state index is -3.71. The van der Waals surface area contributed by atoms with Crippen molar-refractivity contribution >= 4 is 21.6 Å². The van der Waals surface area contributed by atoms with Crippen molar-refractivity contribution in [3.05, 3.63) is 113 Å². The number of imidazole rings is 1. The van der Waals surface area contributed by atoms with Crippen LogP contribution < -0.4 is 9.62 Å². The van der Waals surface area contributed by atoms with E-state index in [2.05, 4.69) is 16.6 Å². The van der Waals surface area contributed by atoms with Crippen LogP contribution in [0.5, 0.6) is 0 Å². The summed E-state index contributed by atoms with van der Waals surface area (Å²) < 4.78 is 31.4. The summed E-state index contributed by atoms with van der Waals surface area (Å²) in [5.74, 6) is 0.811. The maximum absolute atomic E-state index is 13.8. The molecule has 2 atom stereocenters. The number of aromatic nitrogens is 2. The lowest BCUT2D eigenvalue weighted by molar-refractivity contribution is -0.119. The number of carbonyl (C=O) groups is 1. The van der Waals surface area contributed by atoms with E-state index in [1.807, 2.05) is 73.3 Å². The van der Waals surface area contributed by atoms with Crippen LogP contribution in [0.25, 0.3) is 0 Å². The van der Waals surface area contributed by atoms with Gasteiger partial charge in [0.2, 0.25) is 15.9 Å². The molecule has 1 N–H and O–H groups in total. The van der Waals surface area contributed by atoms with Crippen LogP contribution in [0.3, 0.4) is 0 Å². The Morgan fingerprint density at radius 2 is 1.85 bits per heavy atom. The second-order valence-corrected chi connectivity index (χ2v) is 12.4. The molecule has 0 saturated carbocycles. The van der Waals surface area contributed by atoms with Gasteiger partial charge in [-0.2, -0.15) is 0 Å². The number of anilines is 1. The Morgan fingerprint density at radius 3 is 2.55 bits per heavy atom. The van der Waals surface area contributed by atoms with Gasteiger partial charge in [0.25, 0.3) is 0 Å². The van der Waals surface area contributed by atoms with Crippen LogP contribution in [0.1, 0.15) is 66.2 Å². The van der Waals surface area contributed by atoms with E-state index < -0.39 is 10.0 Å². The van der Waals surface area contributed by atoms with Gasteiger partial charge in [-0.3, -0.25) is 4.79 Å². The number of rotatable bonds is 9. The summed E-state index contributed by atoms with van der Waals surface area (Å²) in [4.78, 5) is 20.3. The average molecular weight is 557 g/mol. The second-order valence-electron chi connectivity index (χ2n) is 10.7. The Labute approximate surface area is 236 Å². The zero-order chi connectivity index (χ0) is 28.3. The van der Waals surface area contributed by atoms with Crippen molar-refractivity contribution in [3.8, 4) is 0 Å². The first-order chi connectivity index (χ1) is 19.2. The second kappa shape index (κ2) is 11.8. The van der Waals surface area contributed by atoms with E-state index >= 15 is 0 Å². The molecule has 0 aliphatic heterocycles. The molecule has 1 amide bonds. The van der Waals surface area contributed by atoms with E-state index in [-0.39, 0.29) is 22.8 Å². The molecule has 208 valence electrons. The quantitative estimate of drug-likeness (QED) is 0.282. The Kier molecular flexibility index (Phi) is 8.19. The fourth-order valence-corrected chi connectivity index (χ4v) is 6.58. The normalized spacial score (nSPS) is 15.8. The van der Waals surface area contributed by atoms with Gasteiger partial charge in [0.1, 0.15) is 5.82 Å². The van der Waals surface area contributed by atoms with Crippen molar-refractivity contribution in [2.24, 2.45) is 7.05 Å². The van der Waals surface area contributed by atoms with E-state index in [9.17, 15) is 13.2 Å². The van der Waals surface area contributed by atoms with Gasteiger partial charge in [-0.05, 0) is 73.1 Å². The number of sulfonamides is 1. The van der Waals surface area contributed by atoms with Crippen molar-refractivity contribution in [1.29, 1.82) is 0 Å². The molecule has 8 heteroatoms. The fourth-order valence-electron chi connectivity index (χ4n) is 5.33. The van der Waals surface area contributed by atoms with Gasteiger partial charge in [-0.25, -0.2) is 18.1 Å². The molecule has 40 heavy (non-hydrogen) atoms. The number of fused-ring (bicyclic) bond motifs is 1. The third-order valence-electron chi connectivity index (χ3n) is 7.76. The third-order valence-corrected chi connectivity index (χ3v) is 9.24. The number of nitrogens with zero attached hydrogens (tertiary/aromatic N) is 3. The van der Waals surface area contributed by atoms with Gasteiger partial charge in [-0.1, -0.05) is 61.0 Å². The summed E-state index contributed by atoms with van der Waals surface area (Å²) in [6.45, 7) is 4.32. The fraction of sp³-hybridized carbons (Fsp3) is 0.312. The third kappa shape index (κ3) is 6.18. The number of aryl methyl sites for hydroxylation is 3. The summed E-state index contributed by atoms with van der Waals surface area (Å²) in [6.07, 6.45) is 6.39. The first kappa shape index (κ1) is 27.8. The lowest BCUT2D eigenvalue weighted by Gasteiger charge is -2.30. The Balaban J connectivity index is 1.46. The van der Waals surface area contributed by atoms with Crippen molar-refractivity contribution < 1.29 is 13.2 Å². The van der Waals surface area contributed by atoms with Gasteiger partial charge >= 0.3 is 0 Å². The summed E-state index contributed by atoms with van der Waals surface area (Å²) in [7, 11) is -1.79. The monoisotopic (exact) mass is 556 g/mol. The van der Waals surface area contributed by atoms with Crippen LogP contribution in [0, 0.1) is 6.92 Å². The first-order valence-corrected chi connectivity index (χ1v) is 15.2. The highest BCUT2D eigenvalue weighted by atomic mass is 32.2. The predicted octanol–water partition coefficient (Wildman–Crippen LogP) is 5.81. The number of hydrogen-bond acceptors (Lipinski definition) is 4. The zero-order valence-corrected chi connectivity index (χ0v) is 24.1. The first-order valence-electron chi connectivity index (χ1n) is 13.7. The summed E-state index contributed by atoms with van der Waals surface area (Å²) >= 11 is 0. The summed E-state index contributed by atoms with van der Waals surface area (Å²) in [6, 6.07) is 22.6.